The van der Waals surface area contributed by atoms with Crippen molar-refractivity contribution < 1.29 is 14.3 Å². The van der Waals surface area contributed by atoms with Gasteiger partial charge in [0.25, 0.3) is 0 Å². The maximum Gasteiger partial charge on any atom is 0.349 e. The van der Waals surface area contributed by atoms with E-state index in [1.54, 1.807) is 13.8 Å². The Morgan fingerprint density at radius 2 is 2.20 bits per heavy atom. The fourth-order valence-corrected chi connectivity index (χ4v) is 1.01. The summed E-state index contributed by atoms with van der Waals surface area (Å²) in [6.45, 7) is 3.12. The quantitative estimate of drug-likeness (QED) is 0.581. The molecule has 0 fully saturated rings. The zero-order valence-electron chi connectivity index (χ0n) is 8.65. The smallest absolute Gasteiger partial charge is 0.349 e. The van der Waals surface area contributed by atoms with Crippen molar-refractivity contribution in [2.45, 2.75) is 19.4 Å². The summed E-state index contributed by atoms with van der Waals surface area (Å²) in [5, 5.41) is 0.251. The van der Waals surface area contributed by atoms with E-state index in [9.17, 15) is 4.79 Å². The van der Waals surface area contributed by atoms with Gasteiger partial charge in [-0.25, -0.2) is 9.78 Å². The summed E-state index contributed by atoms with van der Waals surface area (Å²) < 4.78 is 9.82. The van der Waals surface area contributed by atoms with E-state index in [1.807, 2.05) is 0 Å². The topological polar surface area (TPSA) is 61.3 Å². The molecule has 0 N–H and O–H groups in total. The lowest BCUT2D eigenvalue weighted by Gasteiger charge is -2.21. The minimum atomic E-state index is -1.14. The lowest BCUT2D eigenvalue weighted by atomic mass is 10.1. The van der Waals surface area contributed by atoms with E-state index in [1.165, 1.54) is 19.4 Å². The van der Waals surface area contributed by atoms with Crippen LogP contribution >= 0.6 is 11.6 Å². The Bertz CT molecular complexity index is 368. The zero-order chi connectivity index (χ0) is 11.5. The number of methoxy groups -OCH3 is 1. The van der Waals surface area contributed by atoms with E-state index in [0.717, 1.165) is 0 Å². The van der Waals surface area contributed by atoms with Crippen LogP contribution in [0, 0.1) is 0 Å². The molecule has 0 saturated carbocycles. The average molecular weight is 231 g/mol. The molecule has 0 aliphatic carbocycles. The number of ether oxygens (including phenoxy) is 2. The molecule has 5 nitrogen and oxygen atoms in total. The van der Waals surface area contributed by atoms with Crippen LogP contribution in [0.5, 0.6) is 6.01 Å². The van der Waals surface area contributed by atoms with Gasteiger partial charge < -0.3 is 9.47 Å². The van der Waals surface area contributed by atoms with E-state index in [0.29, 0.717) is 0 Å². The number of hydrogen-bond acceptors (Lipinski definition) is 5. The average Bonchev–Trinajstić information content (AvgIpc) is 2.15. The molecule has 15 heavy (non-hydrogen) atoms. The fraction of sp³-hybridized carbons (Fsp3) is 0.444. The number of halogens is 1. The third-order valence-electron chi connectivity index (χ3n) is 1.62. The van der Waals surface area contributed by atoms with Gasteiger partial charge in [-0.3, -0.25) is 0 Å². The van der Waals surface area contributed by atoms with Crippen molar-refractivity contribution in [1.82, 2.24) is 9.97 Å². The minimum absolute atomic E-state index is 0.0397. The van der Waals surface area contributed by atoms with Crippen LogP contribution in [0.2, 0.25) is 5.15 Å². The second-order valence-corrected chi connectivity index (χ2v) is 3.65. The van der Waals surface area contributed by atoms with Gasteiger partial charge in [-0.2, -0.15) is 4.98 Å². The molecular formula is C9H11ClN2O3. The van der Waals surface area contributed by atoms with E-state index in [-0.39, 0.29) is 11.2 Å². The Morgan fingerprint density at radius 1 is 1.53 bits per heavy atom. The van der Waals surface area contributed by atoms with Crippen molar-refractivity contribution in [2.75, 3.05) is 7.11 Å². The van der Waals surface area contributed by atoms with Gasteiger partial charge in [-0.1, -0.05) is 11.6 Å². The lowest BCUT2D eigenvalue weighted by Crippen LogP contribution is -2.39. The standard InChI is InChI=1S/C9H11ClN2O3/c1-9(2,7(13)14-3)15-8-11-5-4-6(10)12-8/h4-5H,1-3H3. The molecule has 0 saturated heterocycles. The molecule has 0 aliphatic heterocycles. The van der Waals surface area contributed by atoms with Crippen molar-refractivity contribution in [3.05, 3.63) is 17.4 Å². The van der Waals surface area contributed by atoms with Crippen LogP contribution in [0.1, 0.15) is 13.8 Å². The van der Waals surface area contributed by atoms with Crippen LogP contribution in [0.4, 0.5) is 0 Å². The van der Waals surface area contributed by atoms with Crippen LogP contribution in [-0.2, 0) is 9.53 Å². The Kier molecular flexibility index (Phi) is 3.47. The summed E-state index contributed by atoms with van der Waals surface area (Å²) in [7, 11) is 1.28. The Hall–Kier alpha value is -1.36. The first-order valence-corrected chi connectivity index (χ1v) is 4.59. The fourth-order valence-electron chi connectivity index (χ4n) is 0.885. The summed E-state index contributed by atoms with van der Waals surface area (Å²) in [4.78, 5) is 18.9. The van der Waals surface area contributed by atoms with Gasteiger partial charge in [0.2, 0.25) is 5.60 Å². The third kappa shape index (κ3) is 3.06. The summed E-state index contributed by atoms with van der Waals surface area (Å²) in [6.07, 6.45) is 1.44. The SMILES string of the molecule is COC(=O)C(C)(C)Oc1nccc(Cl)n1. The third-order valence-corrected chi connectivity index (χ3v) is 1.83. The van der Waals surface area contributed by atoms with Crippen molar-refractivity contribution in [3.63, 3.8) is 0 Å². The molecule has 0 radical (unpaired) electrons. The highest BCUT2D eigenvalue weighted by atomic mass is 35.5. The highest BCUT2D eigenvalue weighted by molar-refractivity contribution is 6.29. The highest BCUT2D eigenvalue weighted by Gasteiger charge is 2.32. The first-order chi connectivity index (χ1) is 6.95. The number of carbonyl (C=O) groups excluding carboxylic acids is 1. The molecule has 0 bridgehead atoms. The van der Waals surface area contributed by atoms with Crippen molar-refractivity contribution in [3.8, 4) is 6.01 Å². The number of rotatable bonds is 3. The van der Waals surface area contributed by atoms with Gasteiger partial charge in [0.15, 0.2) is 0 Å². The number of esters is 1. The summed E-state index contributed by atoms with van der Waals surface area (Å²) >= 11 is 5.64. The summed E-state index contributed by atoms with van der Waals surface area (Å²) in [6, 6.07) is 1.55. The molecule has 0 amide bonds. The van der Waals surface area contributed by atoms with Crippen LogP contribution in [-0.4, -0.2) is 28.6 Å². The Balaban J connectivity index is 2.81. The molecule has 0 aliphatic rings. The summed E-state index contributed by atoms with van der Waals surface area (Å²) in [5.74, 6) is -0.508. The lowest BCUT2D eigenvalue weighted by molar-refractivity contribution is -0.156. The molecule has 82 valence electrons. The van der Waals surface area contributed by atoms with Gasteiger partial charge in [-0.15, -0.1) is 0 Å². The van der Waals surface area contributed by atoms with Crippen LogP contribution in [0.15, 0.2) is 12.3 Å². The largest absolute Gasteiger partial charge is 0.466 e. The Labute approximate surface area is 92.4 Å². The van der Waals surface area contributed by atoms with Crippen molar-refractivity contribution in [2.24, 2.45) is 0 Å². The van der Waals surface area contributed by atoms with Crippen molar-refractivity contribution in [1.29, 1.82) is 0 Å². The number of aromatic nitrogens is 2. The van der Waals surface area contributed by atoms with E-state index in [4.69, 9.17) is 16.3 Å². The second kappa shape index (κ2) is 4.44. The minimum Gasteiger partial charge on any atom is -0.466 e. The molecule has 0 spiro atoms. The normalized spacial score (nSPS) is 10.9. The van der Waals surface area contributed by atoms with Crippen LogP contribution in [0.3, 0.4) is 0 Å². The van der Waals surface area contributed by atoms with Crippen molar-refractivity contribution >= 4 is 17.6 Å². The maximum absolute atomic E-state index is 11.3. The Morgan fingerprint density at radius 3 is 2.73 bits per heavy atom. The number of hydrogen-bond donors (Lipinski definition) is 0. The maximum atomic E-state index is 11.3. The number of nitrogens with zero attached hydrogens (tertiary/aromatic N) is 2. The van der Waals surface area contributed by atoms with E-state index >= 15 is 0 Å². The highest BCUT2D eigenvalue weighted by Crippen LogP contribution is 2.16. The van der Waals surface area contributed by atoms with Crippen LogP contribution < -0.4 is 4.74 Å². The van der Waals surface area contributed by atoms with Gasteiger partial charge in [-0.05, 0) is 19.9 Å². The first kappa shape index (κ1) is 11.7. The monoisotopic (exact) mass is 230 g/mol. The van der Waals surface area contributed by atoms with Gasteiger partial charge in [0.1, 0.15) is 5.15 Å². The first-order valence-electron chi connectivity index (χ1n) is 4.21. The van der Waals surface area contributed by atoms with Crippen LogP contribution in [0.25, 0.3) is 0 Å². The molecule has 6 heteroatoms. The summed E-state index contributed by atoms with van der Waals surface area (Å²) in [5.41, 5.74) is -1.14. The molecule has 1 heterocycles. The molecule has 0 atom stereocenters. The van der Waals surface area contributed by atoms with Gasteiger partial charge in [0, 0.05) is 6.20 Å². The molecule has 1 aromatic rings. The van der Waals surface area contributed by atoms with E-state index < -0.39 is 11.6 Å². The molecule has 1 rings (SSSR count). The zero-order valence-corrected chi connectivity index (χ0v) is 9.41. The van der Waals surface area contributed by atoms with Gasteiger partial charge >= 0.3 is 12.0 Å². The predicted molar refractivity (Wildman–Crippen MR) is 53.8 cm³/mol. The molecule has 1 aromatic heterocycles. The van der Waals surface area contributed by atoms with E-state index in [2.05, 4.69) is 14.7 Å². The molecule has 0 aromatic carbocycles. The predicted octanol–water partition coefficient (Wildman–Crippen LogP) is 1.46. The number of carbonyl (C=O) groups is 1. The second-order valence-electron chi connectivity index (χ2n) is 3.27. The molecule has 0 unspecified atom stereocenters. The molecular weight excluding hydrogens is 220 g/mol. The van der Waals surface area contributed by atoms with Gasteiger partial charge in [0.05, 0.1) is 7.11 Å².